The number of nitrogens with zero attached hydrogens (tertiary/aromatic N) is 2. The number of aromatic nitrogens is 1. The fourth-order valence-electron chi connectivity index (χ4n) is 2.43. The van der Waals surface area contributed by atoms with Crippen molar-refractivity contribution in [2.75, 3.05) is 25.7 Å². The largest absolute Gasteiger partial charge is 0.381 e. The lowest BCUT2D eigenvalue weighted by molar-refractivity contribution is 0.0721. The Hall–Kier alpha value is -0.980. The summed E-state index contributed by atoms with van der Waals surface area (Å²) in [6.07, 6.45) is 3.18. The number of piperidine rings is 1. The molecular weight excluding hydrogens is 264 g/mol. The predicted octanol–water partition coefficient (Wildman–Crippen LogP) is 2.11. The second-order valence-electron chi connectivity index (χ2n) is 4.78. The zero-order chi connectivity index (χ0) is 13.8. The summed E-state index contributed by atoms with van der Waals surface area (Å²) in [6, 6.07) is 0.375. The van der Waals surface area contributed by atoms with Gasteiger partial charge in [-0.3, -0.25) is 4.79 Å². The van der Waals surface area contributed by atoms with Gasteiger partial charge in [-0.05, 0) is 19.8 Å². The highest BCUT2D eigenvalue weighted by atomic mass is 32.1. The summed E-state index contributed by atoms with van der Waals surface area (Å²) in [5.74, 6) is 0. The number of carbonyl (C=O) groups excluding carboxylic acids is 1. The fraction of sp³-hybridized carbons (Fsp3) is 0.692. The number of hydrogen-bond donors (Lipinski definition) is 0. The highest BCUT2D eigenvalue weighted by molar-refractivity contribution is 7.17. The number of methoxy groups -OCH3 is 2. The highest BCUT2D eigenvalue weighted by Gasteiger charge is 2.28. The number of carbonyl (C=O) groups is 1. The lowest BCUT2D eigenvalue weighted by atomic mass is 10.0. The summed E-state index contributed by atoms with van der Waals surface area (Å²) in [6.45, 7) is 3.47. The SMILES string of the molecule is COCc1nc(N2CCC(OC)CC2C)sc1C=O. The Morgan fingerprint density at radius 1 is 1.53 bits per heavy atom. The zero-order valence-corrected chi connectivity index (χ0v) is 12.4. The summed E-state index contributed by atoms with van der Waals surface area (Å²) in [7, 11) is 3.37. The van der Waals surface area contributed by atoms with E-state index in [1.54, 1.807) is 14.2 Å². The average Bonchev–Trinajstić information content (AvgIpc) is 2.82. The van der Waals surface area contributed by atoms with Crippen LogP contribution in [-0.2, 0) is 16.1 Å². The Kier molecular flexibility index (Phi) is 4.90. The molecule has 1 saturated heterocycles. The third-order valence-electron chi connectivity index (χ3n) is 3.51. The molecule has 0 amide bonds. The van der Waals surface area contributed by atoms with Crippen molar-refractivity contribution in [2.45, 2.75) is 38.5 Å². The van der Waals surface area contributed by atoms with Crippen LogP contribution in [-0.4, -0.2) is 44.2 Å². The smallest absolute Gasteiger partial charge is 0.186 e. The van der Waals surface area contributed by atoms with Crippen LogP contribution in [0.25, 0.3) is 0 Å². The molecule has 6 heteroatoms. The van der Waals surface area contributed by atoms with Gasteiger partial charge >= 0.3 is 0 Å². The molecule has 0 saturated carbocycles. The van der Waals surface area contributed by atoms with E-state index in [1.807, 2.05) is 0 Å². The molecule has 0 bridgehead atoms. The molecule has 0 radical (unpaired) electrons. The van der Waals surface area contributed by atoms with E-state index in [1.165, 1.54) is 11.3 Å². The first-order chi connectivity index (χ1) is 9.19. The van der Waals surface area contributed by atoms with Crippen LogP contribution in [0, 0.1) is 0 Å². The lowest BCUT2D eigenvalue weighted by Gasteiger charge is -2.36. The molecule has 0 aromatic carbocycles. The normalized spacial score (nSPS) is 23.6. The second-order valence-corrected chi connectivity index (χ2v) is 5.79. The van der Waals surface area contributed by atoms with Crippen LogP contribution in [0.15, 0.2) is 0 Å². The molecule has 2 atom stereocenters. The molecule has 0 aliphatic carbocycles. The van der Waals surface area contributed by atoms with Gasteiger partial charge in [-0.1, -0.05) is 11.3 Å². The second kappa shape index (κ2) is 6.45. The van der Waals surface area contributed by atoms with Gasteiger partial charge in [0.05, 0.1) is 23.3 Å². The molecule has 0 N–H and O–H groups in total. The maximum Gasteiger partial charge on any atom is 0.186 e. The number of aldehydes is 1. The minimum absolute atomic E-state index is 0.329. The van der Waals surface area contributed by atoms with Crippen LogP contribution in [0.5, 0.6) is 0 Å². The summed E-state index contributed by atoms with van der Waals surface area (Å²) in [4.78, 5) is 18.5. The molecular formula is C13H20N2O3S. The van der Waals surface area contributed by atoms with Gasteiger partial charge in [0.15, 0.2) is 11.4 Å². The molecule has 5 nitrogen and oxygen atoms in total. The summed E-state index contributed by atoms with van der Waals surface area (Å²) in [5.41, 5.74) is 0.735. The number of hydrogen-bond acceptors (Lipinski definition) is 6. The van der Waals surface area contributed by atoms with Crippen molar-refractivity contribution < 1.29 is 14.3 Å². The van der Waals surface area contributed by atoms with Gasteiger partial charge < -0.3 is 14.4 Å². The Labute approximate surface area is 117 Å². The van der Waals surface area contributed by atoms with E-state index in [0.717, 1.165) is 36.5 Å². The first-order valence-electron chi connectivity index (χ1n) is 6.42. The summed E-state index contributed by atoms with van der Waals surface area (Å²) in [5, 5.41) is 0.913. The maximum atomic E-state index is 11.1. The monoisotopic (exact) mass is 284 g/mol. The van der Waals surface area contributed by atoms with Gasteiger partial charge in [-0.2, -0.15) is 0 Å². The van der Waals surface area contributed by atoms with Crippen molar-refractivity contribution in [3.05, 3.63) is 10.6 Å². The Bertz CT molecular complexity index is 436. The van der Waals surface area contributed by atoms with Crippen molar-refractivity contribution in [2.24, 2.45) is 0 Å². The van der Waals surface area contributed by atoms with Crippen molar-refractivity contribution in [1.82, 2.24) is 4.98 Å². The van der Waals surface area contributed by atoms with E-state index >= 15 is 0 Å². The minimum atomic E-state index is 0.329. The lowest BCUT2D eigenvalue weighted by Crippen LogP contribution is -2.43. The van der Waals surface area contributed by atoms with Crippen LogP contribution in [0.1, 0.15) is 35.1 Å². The summed E-state index contributed by atoms with van der Waals surface area (Å²) < 4.78 is 10.5. The van der Waals surface area contributed by atoms with E-state index in [4.69, 9.17) is 9.47 Å². The highest BCUT2D eigenvalue weighted by Crippen LogP contribution is 2.31. The molecule has 1 aromatic heterocycles. The molecule has 1 aliphatic rings. The average molecular weight is 284 g/mol. The van der Waals surface area contributed by atoms with E-state index in [-0.39, 0.29) is 0 Å². The fourth-order valence-corrected chi connectivity index (χ4v) is 3.44. The van der Waals surface area contributed by atoms with Gasteiger partial charge in [-0.25, -0.2) is 4.98 Å². The molecule has 2 unspecified atom stereocenters. The van der Waals surface area contributed by atoms with Crippen LogP contribution in [0.4, 0.5) is 5.13 Å². The topological polar surface area (TPSA) is 51.7 Å². The standard InChI is InChI=1S/C13H20N2O3S/c1-9-6-10(18-3)4-5-15(9)13-14-11(8-17-2)12(7-16)19-13/h7,9-10H,4-6,8H2,1-3H3. The van der Waals surface area contributed by atoms with E-state index < -0.39 is 0 Å². The molecule has 0 spiro atoms. The first kappa shape index (κ1) is 14.4. The summed E-state index contributed by atoms with van der Waals surface area (Å²) >= 11 is 1.44. The quantitative estimate of drug-likeness (QED) is 0.775. The third kappa shape index (κ3) is 3.13. The van der Waals surface area contributed by atoms with Crippen molar-refractivity contribution >= 4 is 22.8 Å². The molecule has 19 heavy (non-hydrogen) atoms. The number of rotatable bonds is 5. The first-order valence-corrected chi connectivity index (χ1v) is 7.24. The Balaban J connectivity index is 2.15. The molecule has 1 aliphatic heterocycles. The van der Waals surface area contributed by atoms with Gasteiger partial charge in [0.1, 0.15) is 0 Å². The van der Waals surface area contributed by atoms with Crippen LogP contribution in [0.2, 0.25) is 0 Å². The van der Waals surface area contributed by atoms with E-state index in [9.17, 15) is 4.79 Å². The van der Waals surface area contributed by atoms with Gasteiger partial charge in [0.25, 0.3) is 0 Å². The Morgan fingerprint density at radius 2 is 2.32 bits per heavy atom. The Morgan fingerprint density at radius 3 is 2.89 bits per heavy atom. The van der Waals surface area contributed by atoms with Crippen molar-refractivity contribution in [3.63, 3.8) is 0 Å². The molecule has 106 valence electrons. The number of ether oxygens (including phenoxy) is 2. The van der Waals surface area contributed by atoms with Crippen LogP contribution in [0.3, 0.4) is 0 Å². The van der Waals surface area contributed by atoms with E-state index in [0.29, 0.717) is 23.6 Å². The molecule has 1 fully saturated rings. The maximum absolute atomic E-state index is 11.1. The minimum Gasteiger partial charge on any atom is -0.381 e. The predicted molar refractivity (Wildman–Crippen MR) is 75.1 cm³/mol. The molecule has 2 rings (SSSR count). The van der Waals surface area contributed by atoms with Crippen LogP contribution >= 0.6 is 11.3 Å². The van der Waals surface area contributed by atoms with Crippen molar-refractivity contribution in [1.29, 1.82) is 0 Å². The zero-order valence-electron chi connectivity index (χ0n) is 11.6. The number of thiazole rings is 1. The van der Waals surface area contributed by atoms with Crippen LogP contribution < -0.4 is 4.90 Å². The van der Waals surface area contributed by atoms with Crippen molar-refractivity contribution in [3.8, 4) is 0 Å². The number of anilines is 1. The third-order valence-corrected chi connectivity index (χ3v) is 4.57. The molecule has 1 aromatic rings. The van der Waals surface area contributed by atoms with Gasteiger partial charge in [-0.15, -0.1) is 0 Å². The molecule has 2 heterocycles. The van der Waals surface area contributed by atoms with E-state index in [2.05, 4.69) is 16.8 Å². The van der Waals surface area contributed by atoms with Gasteiger partial charge in [0.2, 0.25) is 0 Å². The van der Waals surface area contributed by atoms with Gasteiger partial charge in [0, 0.05) is 26.8 Å².